The zero-order valence-corrected chi connectivity index (χ0v) is 14.9. The molecule has 0 fully saturated rings. The maximum absolute atomic E-state index is 13.5. The molecule has 6 nitrogen and oxygen atoms in total. The average Bonchev–Trinajstić information content (AvgIpc) is 3.07. The number of hydrogen-bond donors (Lipinski definition) is 0. The highest BCUT2D eigenvalue weighted by Gasteiger charge is 2.19. The molecule has 2 aromatic carbocycles. The number of halogens is 2. The first-order valence-corrected chi connectivity index (χ1v) is 8.61. The van der Waals surface area contributed by atoms with Crippen molar-refractivity contribution in [3.63, 3.8) is 0 Å². The summed E-state index contributed by atoms with van der Waals surface area (Å²) >= 11 is 0. The number of anilines is 1. The van der Waals surface area contributed by atoms with Gasteiger partial charge in [0.1, 0.15) is 17.6 Å². The van der Waals surface area contributed by atoms with Gasteiger partial charge >= 0.3 is 0 Å². The van der Waals surface area contributed by atoms with Crippen molar-refractivity contribution < 1.29 is 18.0 Å². The summed E-state index contributed by atoms with van der Waals surface area (Å²) in [6.07, 6.45) is 1.28. The highest BCUT2D eigenvalue weighted by Crippen LogP contribution is 2.24. The van der Waals surface area contributed by atoms with Crippen LogP contribution in [0.1, 0.15) is 6.92 Å². The average molecular weight is 383 g/mol. The Hall–Kier alpha value is -3.55. The molecule has 0 N–H and O–H groups in total. The number of para-hydroxylation sites is 1. The van der Waals surface area contributed by atoms with E-state index in [2.05, 4.69) is 4.98 Å². The van der Waals surface area contributed by atoms with Crippen LogP contribution in [0.5, 0.6) is 0 Å². The number of rotatable bonds is 4. The molecule has 0 bridgehead atoms. The number of furan rings is 1. The van der Waals surface area contributed by atoms with E-state index in [0.29, 0.717) is 16.5 Å². The summed E-state index contributed by atoms with van der Waals surface area (Å²) in [5, 5.41) is 0.713. The van der Waals surface area contributed by atoms with E-state index >= 15 is 0 Å². The molecule has 2 aromatic heterocycles. The summed E-state index contributed by atoms with van der Waals surface area (Å²) in [5.41, 5.74) is 0.737. The molecular formula is C20H15F2N3O3. The predicted octanol–water partition coefficient (Wildman–Crippen LogP) is 3.47. The molecule has 8 heteroatoms. The van der Waals surface area contributed by atoms with Crippen LogP contribution in [0.25, 0.3) is 22.1 Å². The van der Waals surface area contributed by atoms with Crippen LogP contribution in [0.15, 0.2) is 58.0 Å². The molecule has 2 heterocycles. The third-order valence-corrected chi connectivity index (χ3v) is 4.49. The van der Waals surface area contributed by atoms with Crippen molar-refractivity contribution >= 4 is 33.7 Å². The van der Waals surface area contributed by atoms with Gasteiger partial charge in [0.25, 0.3) is 5.56 Å². The third kappa shape index (κ3) is 2.92. The molecule has 28 heavy (non-hydrogen) atoms. The van der Waals surface area contributed by atoms with Crippen LogP contribution in [0, 0.1) is 11.6 Å². The number of likely N-dealkylation sites (N-methyl/N-ethyl adjacent to an activating group) is 1. The van der Waals surface area contributed by atoms with E-state index < -0.39 is 23.1 Å². The summed E-state index contributed by atoms with van der Waals surface area (Å²) in [6.45, 7) is 1.60. The normalized spacial score (nSPS) is 11.2. The molecule has 0 aliphatic carbocycles. The second kappa shape index (κ2) is 6.88. The number of carbonyl (C=O) groups is 1. The van der Waals surface area contributed by atoms with Gasteiger partial charge in [-0.05, 0) is 31.2 Å². The van der Waals surface area contributed by atoms with E-state index in [-0.39, 0.29) is 24.4 Å². The van der Waals surface area contributed by atoms with Gasteiger partial charge in [0.2, 0.25) is 11.5 Å². The number of hydrogen-bond acceptors (Lipinski definition) is 4. The van der Waals surface area contributed by atoms with Gasteiger partial charge in [0.05, 0.1) is 6.33 Å². The van der Waals surface area contributed by atoms with Crippen molar-refractivity contribution in [2.45, 2.75) is 13.5 Å². The molecule has 0 aliphatic heterocycles. The minimum absolute atomic E-state index is 0.0624. The summed E-state index contributed by atoms with van der Waals surface area (Å²) in [7, 11) is 0. The topological polar surface area (TPSA) is 68.3 Å². The molecule has 1 amide bonds. The lowest BCUT2D eigenvalue weighted by atomic mass is 10.2. The van der Waals surface area contributed by atoms with E-state index in [1.54, 1.807) is 25.1 Å². The van der Waals surface area contributed by atoms with Crippen molar-refractivity contribution in [3.05, 3.63) is 70.8 Å². The largest absolute Gasteiger partial charge is 0.448 e. The summed E-state index contributed by atoms with van der Waals surface area (Å²) in [6, 6.07) is 10.3. The zero-order chi connectivity index (χ0) is 19.8. The van der Waals surface area contributed by atoms with Gasteiger partial charge in [0, 0.05) is 23.7 Å². The fraction of sp³-hybridized carbons (Fsp3) is 0.150. The molecule has 0 unspecified atom stereocenters. The smallest absolute Gasteiger partial charge is 0.297 e. The predicted molar refractivity (Wildman–Crippen MR) is 100 cm³/mol. The van der Waals surface area contributed by atoms with Crippen LogP contribution in [0.3, 0.4) is 0 Å². The molecule has 0 saturated carbocycles. The van der Waals surface area contributed by atoms with E-state index in [9.17, 15) is 18.4 Å². The fourth-order valence-electron chi connectivity index (χ4n) is 3.11. The molecule has 0 atom stereocenters. The molecule has 0 saturated heterocycles. The SMILES string of the molecule is CCN(C(=O)Cn1cnc2c(oc3ccccc32)c1=O)c1ccc(F)c(F)c1. The molecule has 0 aliphatic rings. The van der Waals surface area contributed by atoms with Gasteiger partial charge in [-0.2, -0.15) is 0 Å². The first-order chi connectivity index (χ1) is 13.5. The summed E-state index contributed by atoms with van der Waals surface area (Å²) in [5.74, 6) is -2.51. The van der Waals surface area contributed by atoms with E-state index in [4.69, 9.17) is 4.42 Å². The van der Waals surface area contributed by atoms with Gasteiger partial charge in [-0.15, -0.1) is 0 Å². The van der Waals surface area contributed by atoms with Gasteiger partial charge in [-0.25, -0.2) is 13.8 Å². The van der Waals surface area contributed by atoms with E-state index in [1.165, 1.54) is 17.3 Å². The molecule has 0 radical (unpaired) electrons. The lowest BCUT2D eigenvalue weighted by molar-refractivity contribution is -0.119. The van der Waals surface area contributed by atoms with Crippen molar-refractivity contribution in [2.75, 3.05) is 11.4 Å². The second-order valence-electron chi connectivity index (χ2n) is 6.19. The van der Waals surface area contributed by atoms with Crippen LogP contribution in [0.2, 0.25) is 0 Å². The van der Waals surface area contributed by atoms with Gasteiger partial charge in [-0.1, -0.05) is 12.1 Å². The van der Waals surface area contributed by atoms with Crippen LogP contribution in [0.4, 0.5) is 14.5 Å². The Morgan fingerprint density at radius 2 is 1.96 bits per heavy atom. The number of aromatic nitrogens is 2. The number of nitrogens with zero attached hydrogens (tertiary/aromatic N) is 3. The molecule has 4 rings (SSSR count). The van der Waals surface area contributed by atoms with E-state index in [0.717, 1.165) is 16.7 Å². The quantitative estimate of drug-likeness (QED) is 0.541. The first-order valence-electron chi connectivity index (χ1n) is 8.61. The number of benzene rings is 2. The molecule has 0 spiro atoms. The Labute approximate surface area is 157 Å². The lowest BCUT2D eigenvalue weighted by Crippen LogP contribution is -2.36. The Morgan fingerprint density at radius 3 is 2.71 bits per heavy atom. The fourth-order valence-corrected chi connectivity index (χ4v) is 3.11. The molecule has 142 valence electrons. The minimum atomic E-state index is -1.05. The first kappa shape index (κ1) is 17.8. The maximum atomic E-state index is 13.5. The van der Waals surface area contributed by atoms with Gasteiger partial charge in [0.15, 0.2) is 11.6 Å². The van der Waals surface area contributed by atoms with Crippen molar-refractivity contribution in [3.8, 4) is 0 Å². The maximum Gasteiger partial charge on any atom is 0.297 e. The summed E-state index contributed by atoms with van der Waals surface area (Å²) in [4.78, 5) is 30.9. The summed E-state index contributed by atoms with van der Waals surface area (Å²) < 4.78 is 33.4. The standard InChI is InChI=1S/C20H15F2N3O3/c1-2-25(12-7-8-14(21)15(22)9-12)17(26)10-24-11-23-18-13-5-3-4-6-16(13)28-19(18)20(24)27/h3-9,11H,2,10H2,1H3. The van der Waals surface area contributed by atoms with Crippen molar-refractivity contribution in [1.29, 1.82) is 0 Å². The number of carbonyl (C=O) groups excluding carboxylic acids is 1. The Bertz CT molecular complexity index is 1260. The van der Waals surface area contributed by atoms with E-state index in [1.807, 2.05) is 6.07 Å². The van der Waals surface area contributed by atoms with Crippen molar-refractivity contribution in [1.82, 2.24) is 9.55 Å². The number of fused-ring (bicyclic) bond motifs is 3. The Morgan fingerprint density at radius 1 is 1.18 bits per heavy atom. The lowest BCUT2D eigenvalue weighted by Gasteiger charge is -2.21. The Kier molecular flexibility index (Phi) is 4.38. The van der Waals surface area contributed by atoms with Crippen LogP contribution in [-0.2, 0) is 11.3 Å². The highest BCUT2D eigenvalue weighted by molar-refractivity contribution is 6.01. The van der Waals surface area contributed by atoms with Gasteiger partial charge < -0.3 is 9.32 Å². The Balaban J connectivity index is 1.69. The zero-order valence-electron chi connectivity index (χ0n) is 14.9. The monoisotopic (exact) mass is 383 g/mol. The van der Waals surface area contributed by atoms with Crippen molar-refractivity contribution in [2.24, 2.45) is 0 Å². The van der Waals surface area contributed by atoms with Crippen LogP contribution in [-0.4, -0.2) is 22.0 Å². The molecular weight excluding hydrogens is 368 g/mol. The van der Waals surface area contributed by atoms with Gasteiger partial charge in [-0.3, -0.25) is 14.2 Å². The molecule has 4 aromatic rings. The highest BCUT2D eigenvalue weighted by atomic mass is 19.2. The van der Waals surface area contributed by atoms with Crippen LogP contribution < -0.4 is 10.5 Å². The third-order valence-electron chi connectivity index (χ3n) is 4.49. The minimum Gasteiger partial charge on any atom is -0.448 e. The second-order valence-corrected chi connectivity index (χ2v) is 6.19. The number of amides is 1. The van der Waals surface area contributed by atoms with Crippen LogP contribution >= 0.6 is 0 Å².